The SMILES string of the molecule is Cc1nccc2c(S(=O)(=O)NC3CCN(CCCCOc4ccc(F)cc4)CC3)cccc12. The molecule has 1 aliphatic rings. The second-order valence-electron chi connectivity index (χ2n) is 8.49. The number of rotatable bonds is 9. The fraction of sp³-hybridized carbons (Fsp3) is 0.400. The maximum absolute atomic E-state index is 13.1. The summed E-state index contributed by atoms with van der Waals surface area (Å²) in [6.45, 7) is 5.18. The molecular weight excluding hydrogens is 441 g/mol. The number of ether oxygens (including phenoxy) is 1. The molecule has 33 heavy (non-hydrogen) atoms. The number of nitrogens with zero attached hydrogens (tertiary/aromatic N) is 2. The summed E-state index contributed by atoms with van der Waals surface area (Å²) in [7, 11) is -3.61. The number of hydrogen-bond acceptors (Lipinski definition) is 5. The molecule has 0 saturated carbocycles. The number of sulfonamides is 1. The first-order valence-electron chi connectivity index (χ1n) is 11.4. The lowest BCUT2D eigenvalue weighted by atomic mass is 10.1. The summed E-state index contributed by atoms with van der Waals surface area (Å²) in [6, 6.07) is 13.1. The minimum atomic E-state index is -3.61. The number of halogens is 1. The quantitative estimate of drug-likeness (QED) is 0.472. The second-order valence-corrected chi connectivity index (χ2v) is 10.2. The van der Waals surface area contributed by atoms with Crippen molar-refractivity contribution in [2.75, 3.05) is 26.2 Å². The number of likely N-dealkylation sites (tertiary alicyclic amines) is 1. The minimum Gasteiger partial charge on any atom is -0.494 e. The van der Waals surface area contributed by atoms with Gasteiger partial charge < -0.3 is 9.64 Å². The van der Waals surface area contributed by atoms with E-state index in [1.165, 1.54) is 12.1 Å². The van der Waals surface area contributed by atoms with Gasteiger partial charge in [-0.05, 0) is 88.6 Å². The normalized spacial score (nSPS) is 15.7. The average molecular weight is 472 g/mol. The molecule has 0 spiro atoms. The third kappa shape index (κ3) is 6.07. The van der Waals surface area contributed by atoms with Crippen molar-refractivity contribution in [1.82, 2.24) is 14.6 Å². The molecule has 2 heterocycles. The lowest BCUT2D eigenvalue weighted by molar-refractivity contribution is 0.198. The molecule has 0 unspecified atom stereocenters. The Morgan fingerprint density at radius 1 is 1.06 bits per heavy atom. The molecule has 0 radical (unpaired) electrons. The first-order valence-corrected chi connectivity index (χ1v) is 12.9. The number of fused-ring (bicyclic) bond motifs is 1. The van der Waals surface area contributed by atoms with Crippen LogP contribution in [0, 0.1) is 12.7 Å². The Kier molecular flexibility index (Phi) is 7.57. The fourth-order valence-electron chi connectivity index (χ4n) is 4.27. The van der Waals surface area contributed by atoms with Gasteiger partial charge in [0.1, 0.15) is 11.6 Å². The number of unbranched alkanes of at least 4 members (excludes halogenated alkanes) is 1. The predicted molar refractivity (Wildman–Crippen MR) is 127 cm³/mol. The van der Waals surface area contributed by atoms with Crippen LogP contribution in [0.4, 0.5) is 4.39 Å². The van der Waals surface area contributed by atoms with Crippen LogP contribution in [0.25, 0.3) is 10.8 Å². The van der Waals surface area contributed by atoms with Crippen LogP contribution in [0.2, 0.25) is 0 Å². The van der Waals surface area contributed by atoms with Gasteiger partial charge in [0.05, 0.1) is 11.5 Å². The molecule has 2 aromatic carbocycles. The lowest BCUT2D eigenvalue weighted by Gasteiger charge is -2.32. The first-order chi connectivity index (χ1) is 15.9. The first kappa shape index (κ1) is 23.6. The van der Waals surface area contributed by atoms with Gasteiger partial charge in [0.15, 0.2) is 0 Å². The van der Waals surface area contributed by atoms with Crippen LogP contribution in [0.5, 0.6) is 5.75 Å². The van der Waals surface area contributed by atoms with Gasteiger partial charge >= 0.3 is 0 Å². The molecule has 0 bridgehead atoms. The molecular formula is C25H30FN3O3S. The van der Waals surface area contributed by atoms with Crippen LogP contribution < -0.4 is 9.46 Å². The van der Waals surface area contributed by atoms with Crippen molar-refractivity contribution in [1.29, 1.82) is 0 Å². The van der Waals surface area contributed by atoms with Crippen molar-refractivity contribution in [3.63, 3.8) is 0 Å². The van der Waals surface area contributed by atoms with E-state index in [0.29, 0.717) is 22.6 Å². The molecule has 1 aliphatic heterocycles. The summed E-state index contributed by atoms with van der Waals surface area (Å²) in [5, 5.41) is 1.57. The van der Waals surface area contributed by atoms with Crippen LogP contribution in [0.3, 0.4) is 0 Å². The highest BCUT2D eigenvalue weighted by atomic mass is 32.2. The molecule has 3 aromatic rings. The Morgan fingerprint density at radius 3 is 2.58 bits per heavy atom. The number of benzene rings is 2. The van der Waals surface area contributed by atoms with Crippen molar-refractivity contribution in [3.05, 3.63) is 66.2 Å². The Bertz CT molecular complexity index is 1180. The molecule has 8 heteroatoms. The molecule has 1 saturated heterocycles. The summed E-state index contributed by atoms with van der Waals surface area (Å²) in [4.78, 5) is 6.95. The maximum Gasteiger partial charge on any atom is 0.241 e. The predicted octanol–water partition coefficient (Wildman–Crippen LogP) is 4.28. The van der Waals surface area contributed by atoms with E-state index in [4.69, 9.17) is 4.74 Å². The zero-order valence-electron chi connectivity index (χ0n) is 18.8. The van der Waals surface area contributed by atoms with Crippen molar-refractivity contribution in [2.24, 2.45) is 0 Å². The standard InChI is InChI=1S/C25H30FN3O3S/c1-19-23-5-4-6-25(24(23)11-14-27-19)33(30,31)28-21-12-16-29(17-13-21)15-2-3-18-32-22-9-7-20(26)8-10-22/h4-11,14,21,28H,2-3,12-13,15-18H2,1H3. The monoisotopic (exact) mass is 471 g/mol. The number of pyridine rings is 1. The zero-order chi connectivity index (χ0) is 23.3. The molecule has 4 rings (SSSR count). The second kappa shape index (κ2) is 10.6. The van der Waals surface area contributed by atoms with Gasteiger partial charge in [-0.25, -0.2) is 17.5 Å². The third-order valence-electron chi connectivity index (χ3n) is 6.12. The number of piperidine rings is 1. The Hall–Kier alpha value is -2.55. The van der Waals surface area contributed by atoms with E-state index in [9.17, 15) is 12.8 Å². The van der Waals surface area contributed by atoms with Crippen molar-refractivity contribution >= 4 is 20.8 Å². The van der Waals surface area contributed by atoms with Crippen LogP contribution in [-0.4, -0.2) is 50.6 Å². The van der Waals surface area contributed by atoms with Gasteiger partial charge in [-0.2, -0.15) is 0 Å². The molecule has 0 amide bonds. The average Bonchev–Trinajstić information content (AvgIpc) is 2.81. The molecule has 1 aromatic heterocycles. The Balaban J connectivity index is 1.22. The topological polar surface area (TPSA) is 71.5 Å². The molecule has 176 valence electrons. The number of aromatic nitrogens is 1. The van der Waals surface area contributed by atoms with Gasteiger partial charge in [-0.1, -0.05) is 12.1 Å². The van der Waals surface area contributed by atoms with Gasteiger partial charge in [-0.3, -0.25) is 4.98 Å². The molecule has 0 aliphatic carbocycles. The lowest BCUT2D eigenvalue weighted by Crippen LogP contribution is -2.44. The Labute approximate surface area is 194 Å². The van der Waals surface area contributed by atoms with E-state index in [1.807, 2.05) is 13.0 Å². The third-order valence-corrected chi connectivity index (χ3v) is 7.69. The smallest absolute Gasteiger partial charge is 0.241 e. The Morgan fingerprint density at radius 2 is 1.82 bits per heavy atom. The molecule has 6 nitrogen and oxygen atoms in total. The van der Waals surface area contributed by atoms with E-state index >= 15 is 0 Å². The van der Waals surface area contributed by atoms with E-state index in [1.54, 1.807) is 36.5 Å². The van der Waals surface area contributed by atoms with Gasteiger partial charge in [0, 0.05) is 28.7 Å². The fourth-order valence-corrected chi connectivity index (χ4v) is 5.80. The van der Waals surface area contributed by atoms with Crippen LogP contribution >= 0.6 is 0 Å². The number of nitrogens with one attached hydrogen (secondary N) is 1. The van der Waals surface area contributed by atoms with Gasteiger partial charge in [0.2, 0.25) is 10.0 Å². The largest absolute Gasteiger partial charge is 0.494 e. The van der Waals surface area contributed by atoms with Gasteiger partial charge in [-0.15, -0.1) is 0 Å². The summed E-state index contributed by atoms with van der Waals surface area (Å²) in [5.74, 6) is 0.416. The summed E-state index contributed by atoms with van der Waals surface area (Å²) >= 11 is 0. The minimum absolute atomic E-state index is 0.0637. The van der Waals surface area contributed by atoms with E-state index in [0.717, 1.165) is 56.4 Å². The van der Waals surface area contributed by atoms with Crippen molar-refractivity contribution < 1.29 is 17.5 Å². The van der Waals surface area contributed by atoms with E-state index < -0.39 is 10.0 Å². The highest BCUT2D eigenvalue weighted by Crippen LogP contribution is 2.25. The summed E-state index contributed by atoms with van der Waals surface area (Å²) in [6.07, 6.45) is 5.15. The van der Waals surface area contributed by atoms with E-state index in [-0.39, 0.29) is 11.9 Å². The highest BCUT2D eigenvalue weighted by Gasteiger charge is 2.25. The highest BCUT2D eigenvalue weighted by molar-refractivity contribution is 7.89. The van der Waals surface area contributed by atoms with E-state index in [2.05, 4.69) is 14.6 Å². The van der Waals surface area contributed by atoms with Gasteiger partial charge in [0.25, 0.3) is 0 Å². The zero-order valence-corrected chi connectivity index (χ0v) is 19.7. The maximum atomic E-state index is 13.1. The molecule has 0 atom stereocenters. The molecule has 1 fully saturated rings. The van der Waals surface area contributed by atoms with Crippen LogP contribution in [0.1, 0.15) is 31.4 Å². The van der Waals surface area contributed by atoms with Crippen molar-refractivity contribution in [3.8, 4) is 5.75 Å². The van der Waals surface area contributed by atoms with Crippen molar-refractivity contribution in [2.45, 2.75) is 43.5 Å². The number of hydrogen-bond donors (Lipinski definition) is 1. The van der Waals surface area contributed by atoms with Crippen LogP contribution in [0.15, 0.2) is 59.6 Å². The summed E-state index contributed by atoms with van der Waals surface area (Å²) < 4.78 is 47.7. The van der Waals surface area contributed by atoms with Crippen LogP contribution in [-0.2, 0) is 10.0 Å². The summed E-state index contributed by atoms with van der Waals surface area (Å²) in [5.41, 5.74) is 0.820. The number of aryl methyl sites for hydroxylation is 1. The molecule has 1 N–H and O–H groups in total.